The molecule has 4 N–H and O–H groups in total. The van der Waals surface area contributed by atoms with E-state index in [4.69, 9.17) is 33.2 Å². The Kier molecular flexibility index (Phi) is 25.0. The summed E-state index contributed by atoms with van der Waals surface area (Å²) in [6.45, 7) is 9.41. The van der Waals surface area contributed by atoms with Gasteiger partial charge in [-0.3, -0.25) is 18.5 Å². The van der Waals surface area contributed by atoms with Crippen LogP contribution in [-0.4, -0.2) is 173 Å². The fourth-order valence-corrected chi connectivity index (χ4v) is 10.3. The Morgan fingerprint density at radius 1 is 0.616 bits per heavy atom. The molecule has 2 aromatic rings. The van der Waals surface area contributed by atoms with E-state index in [1.807, 2.05) is 37.0 Å². The molecule has 2 aliphatic heterocycles. The van der Waals surface area contributed by atoms with Crippen LogP contribution >= 0.6 is 0 Å². The Morgan fingerprint density at radius 3 is 1.71 bits per heavy atom. The maximum absolute atomic E-state index is 12.4. The fraction of sp³-hybridized carbons (Fsp3) is 0.560. The van der Waals surface area contributed by atoms with Crippen LogP contribution in [0.15, 0.2) is 94.4 Å². The summed E-state index contributed by atoms with van der Waals surface area (Å²) in [6, 6.07) is 8.77. The Bertz CT molecular complexity index is 2610. The molecule has 0 aromatic heterocycles. The minimum atomic E-state index is -4.58. The van der Waals surface area contributed by atoms with E-state index in [0.717, 1.165) is 11.4 Å². The molecule has 2 unspecified atom stereocenters. The number of hydrogen-bond donors (Lipinski definition) is 4. The number of rotatable bonds is 37. The van der Waals surface area contributed by atoms with Crippen molar-refractivity contribution in [1.29, 1.82) is 0 Å². The predicted octanol–water partition coefficient (Wildman–Crippen LogP) is 5.95. The number of carboxylic acid groups (broad SMARTS) is 1. The highest BCUT2D eigenvalue weighted by molar-refractivity contribution is 7.86. The fourth-order valence-electron chi connectivity index (χ4n) is 8.79. The highest BCUT2D eigenvalue weighted by atomic mass is 32.2. The molecule has 20 nitrogen and oxygen atoms in total. The molecule has 2 heterocycles. The van der Waals surface area contributed by atoms with Crippen molar-refractivity contribution in [2.75, 3.05) is 117 Å². The van der Waals surface area contributed by atoms with Crippen molar-refractivity contribution in [2.24, 2.45) is 0 Å². The number of hydrogen-bond acceptors (Lipinski definition) is 15. The number of benzene rings is 2. The summed E-state index contributed by atoms with van der Waals surface area (Å²) in [6.07, 6.45) is 15.2. The lowest BCUT2D eigenvalue weighted by atomic mass is 9.76. The molecule has 0 fully saturated rings. The Labute approximate surface area is 430 Å². The number of aliphatic carboxylic acids is 1. The zero-order valence-corrected chi connectivity index (χ0v) is 44.6. The van der Waals surface area contributed by atoms with Crippen molar-refractivity contribution in [3.8, 4) is 0 Å². The number of carbonyl (C=O) groups is 1. The number of fused-ring (bicyclic) bond motifs is 2. The number of carboxylic acids is 1. The molecule has 0 spiro atoms. The van der Waals surface area contributed by atoms with Gasteiger partial charge in [0, 0.05) is 74.7 Å². The summed E-state index contributed by atoms with van der Waals surface area (Å²) in [7, 11) is -10.3. The van der Waals surface area contributed by atoms with Gasteiger partial charge in [-0.1, -0.05) is 30.4 Å². The first-order valence-corrected chi connectivity index (χ1v) is 28.6. The molecule has 73 heavy (non-hydrogen) atoms. The zero-order valence-electron chi connectivity index (χ0n) is 42.2. The van der Waals surface area contributed by atoms with E-state index in [-0.39, 0.29) is 42.3 Å². The molecule has 0 saturated carbocycles. The van der Waals surface area contributed by atoms with Crippen LogP contribution in [0.1, 0.15) is 69.9 Å². The molecule has 2 aliphatic rings. The lowest BCUT2D eigenvalue weighted by Gasteiger charge is -2.30. The van der Waals surface area contributed by atoms with E-state index in [1.54, 1.807) is 50.7 Å². The first kappa shape index (κ1) is 61.3. The van der Waals surface area contributed by atoms with Crippen LogP contribution in [0.25, 0.3) is 0 Å². The monoisotopic (exact) mass is 1090 g/mol. The third-order valence-corrected chi connectivity index (χ3v) is 15.0. The maximum atomic E-state index is 12.4. The van der Waals surface area contributed by atoms with Gasteiger partial charge in [-0.05, 0) is 87.9 Å². The number of ether oxygens (including phenoxy) is 7. The topological polar surface area (TPSA) is 271 Å². The Morgan fingerprint density at radius 2 is 1.15 bits per heavy atom. The van der Waals surface area contributed by atoms with Crippen LogP contribution in [0, 0.1) is 0 Å². The first-order chi connectivity index (χ1) is 34.7. The summed E-state index contributed by atoms with van der Waals surface area (Å²) in [5.41, 5.74) is 2.38. The van der Waals surface area contributed by atoms with Gasteiger partial charge in [0.2, 0.25) is 5.69 Å². The average molecular weight is 1090 g/mol. The normalized spacial score (nSPS) is 18.9. The highest BCUT2D eigenvalue weighted by Gasteiger charge is 2.48. The standard InChI is InChI=1S/C50H72N2O18S3/c1-49(21-13-37-71(55,56)57)42-38-40(72(58,59)60)18-20-45(42)52(24-26-64-3)46(49)14-9-6-5-7-10-15-47-50(2,22-25-66-29-30-68-33-34-70-36-35-69-32-31-67-28-27-65-4)43-39-41(73(61,62)63)17-19-44(43)51(47)23-12-8-11-16-48(53)54/h5-7,9-10,14-15,17-20,38-39H,8,11-13,16,21-37H2,1-4H3,(H3-,53,54,55,56,57,58,59,60,61,62,63)/p+1. The minimum Gasteiger partial charge on any atom is -0.481 e. The Balaban J connectivity index is 1.54. The molecule has 2 aromatic carbocycles. The second-order valence-corrected chi connectivity index (χ2v) is 22.1. The molecule has 4 rings (SSSR count). The number of anilines is 1. The lowest BCUT2D eigenvalue weighted by Crippen LogP contribution is -2.33. The summed E-state index contributed by atoms with van der Waals surface area (Å²) in [4.78, 5) is 12.6. The van der Waals surface area contributed by atoms with Crippen LogP contribution in [0.3, 0.4) is 0 Å². The van der Waals surface area contributed by atoms with Gasteiger partial charge in [0.1, 0.15) is 6.54 Å². The van der Waals surface area contributed by atoms with Crippen LogP contribution in [0.4, 0.5) is 11.4 Å². The highest BCUT2D eigenvalue weighted by Crippen LogP contribution is 2.51. The van der Waals surface area contributed by atoms with Crippen LogP contribution in [0.5, 0.6) is 0 Å². The van der Waals surface area contributed by atoms with Crippen molar-refractivity contribution >= 4 is 53.4 Å². The summed E-state index contributed by atoms with van der Waals surface area (Å²) in [5, 5.41) is 9.22. The van der Waals surface area contributed by atoms with Gasteiger partial charge in [-0.15, -0.1) is 0 Å². The average Bonchev–Trinajstić information content (AvgIpc) is 3.69. The molecular formula is C50H73N2O18S3+. The van der Waals surface area contributed by atoms with Crippen molar-refractivity contribution in [2.45, 2.75) is 79.4 Å². The third-order valence-electron chi connectivity index (χ3n) is 12.5. The molecule has 0 amide bonds. The second kappa shape index (κ2) is 29.8. The SMILES string of the molecule is COCCOCCOCCOCCOCCOCCC1(C)C(/C=C/C=C/C=C/C=C2/N(CCOC)c3ccc(S(=O)(=O)O)cc3C2(C)CCCS(=O)(=O)O)=[N+](CCCCCC(=O)O)c2ccc(S(=O)(=O)O)cc21. The van der Waals surface area contributed by atoms with Crippen molar-refractivity contribution in [1.82, 2.24) is 0 Å². The number of methoxy groups -OCH3 is 2. The van der Waals surface area contributed by atoms with Gasteiger partial charge in [0.25, 0.3) is 30.4 Å². The Hall–Kier alpha value is -4.21. The molecule has 0 aliphatic carbocycles. The minimum absolute atomic E-state index is 0.0351. The number of allylic oxidation sites excluding steroid dienone is 8. The predicted molar refractivity (Wildman–Crippen MR) is 274 cm³/mol. The summed E-state index contributed by atoms with van der Waals surface area (Å²) >= 11 is 0. The van der Waals surface area contributed by atoms with Crippen LogP contribution in [-0.2, 0) is 79.1 Å². The van der Waals surface area contributed by atoms with E-state index in [0.29, 0.717) is 127 Å². The van der Waals surface area contributed by atoms with E-state index >= 15 is 0 Å². The van der Waals surface area contributed by atoms with Crippen molar-refractivity contribution in [3.05, 3.63) is 95.8 Å². The van der Waals surface area contributed by atoms with Gasteiger partial charge in [0.15, 0.2) is 5.71 Å². The molecule has 408 valence electrons. The zero-order chi connectivity index (χ0) is 53.5. The van der Waals surface area contributed by atoms with Gasteiger partial charge < -0.3 is 43.2 Å². The molecule has 0 saturated heterocycles. The van der Waals surface area contributed by atoms with E-state index in [9.17, 15) is 48.8 Å². The van der Waals surface area contributed by atoms with Crippen molar-refractivity contribution < 1.29 is 86.5 Å². The van der Waals surface area contributed by atoms with Gasteiger partial charge in [0.05, 0.1) is 93.6 Å². The van der Waals surface area contributed by atoms with Gasteiger partial charge in [-0.25, -0.2) is 0 Å². The smallest absolute Gasteiger partial charge is 0.303 e. The largest absolute Gasteiger partial charge is 0.481 e. The second-order valence-electron chi connectivity index (χ2n) is 17.7. The molecular weight excluding hydrogens is 1010 g/mol. The number of unbranched alkanes of at least 4 members (excludes halogenated alkanes) is 2. The summed E-state index contributed by atoms with van der Waals surface area (Å²) in [5.74, 6) is -1.39. The molecule has 0 bridgehead atoms. The van der Waals surface area contributed by atoms with Gasteiger partial charge in [-0.2, -0.15) is 29.8 Å². The van der Waals surface area contributed by atoms with E-state index in [2.05, 4.69) is 4.58 Å². The van der Waals surface area contributed by atoms with Crippen molar-refractivity contribution in [3.63, 3.8) is 0 Å². The quantitative estimate of drug-likeness (QED) is 0.0264. The van der Waals surface area contributed by atoms with Crippen LogP contribution < -0.4 is 4.90 Å². The van der Waals surface area contributed by atoms with E-state index < -0.39 is 52.9 Å². The maximum Gasteiger partial charge on any atom is 0.303 e. The van der Waals surface area contributed by atoms with E-state index in [1.165, 1.54) is 24.3 Å². The molecule has 0 radical (unpaired) electrons. The lowest BCUT2D eigenvalue weighted by molar-refractivity contribution is -0.438. The molecule has 23 heteroatoms. The van der Waals surface area contributed by atoms with Crippen LogP contribution in [0.2, 0.25) is 0 Å². The first-order valence-electron chi connectivity index (χ1n) is 24.1. The third kappa shape index (κ3) is 19.1. The summed E-state index contributed by atoms with van der Waals surface area (Å²) < 4.78 is 143. The molecule has 2 atom stereocenters. The van der Waals surface area contributed by atoms with Gasteiger partial charge >= 0.3 is 5.97 Å². The number of nitrogens with zero attached hydrogens (tertiary/aromatic N) is 2.